The summed E-state index contributed by atoms with van der Waals surface area (Å²) >= 11 is 0. The summed E-state index contributed by atoms with van der Waals surface area (Å²) in [6.07, 6.45) is 10.6. The number of fused-ring (bicyclic) bond motifs is 2. The first-order valence-electron chi connectivity index (χ1n) is 13.7. The summed E-state index contributed by atoms with van der Waals surface area (Å²) in [7, 11) is 3.93. The zero-order valence-electron chi connectivity index (χ0n) is 23.7. The third-order valence-corrected chi connectivity index (χ3v) is 6.55. The number of ether oxygens (including phenoxy) is 2. The topological polar surface area (TPSA) is 124 Å². The number of rotatable bonds is 14. The second-order valence-corrected chi connectivity index (χ2v) is 9.83. The minimum atomic E-state index is -0.145. The van der Waals surface area contributed by atoms with Crippen LogP contribution in [-0.2, 0) is 31.7 Å². The van der Waals surface area contributed by atoms with Crippen molar-refractivity contribution in [2.75, 3.05) is 32.8 Å². The van der Waals surface area contributed by atoms with Crippen molar-refractivity contribution < 1.29 is 19.1 Å². The molecule has 11 nitrogen and oxygen atoms in total. The molecule has 0 unspecified atom stereocenters. The van der Waals surface area contributed by atoms with Gasteiger partial charge in [-0.1, -0.05) is 6.92 Å². The molecule has 0 aliphatic carbocycles. The van der Waals surface area contributed by atoms with Crippen LogP contribution >= 0.6 is 0 Å². The summed E-state index contributed by atoms with van der Waals surface area (Å²) in [5.74, 6) is 1.36. The summed E-state index contributed by atoms with van der Waals surface area (Å²) in [5, 5.41) is 10.6. The van der Waals surface area contributed by atoms with Gasteiger partial charge in [0.1, 0.15) is 22.8 Å². The van der Waals surface area contributed by atoms with Gasteiger partial charge < -0.3 is 34.6 Å². The van der Waals surface area contributed by atoms with Crippen molar-refractivity contribution in [1.29, 1.82) is 0 Å². The normalized spacial score (nSPS) is 11.1. The molecule has 0 fully saturated rings. The summed E-state index contributed by atoms with van der Waals surface area (Å²) in [6.45, 7) is 6.29. The van der Waals surface area contributed by atoms with Crippen LogP contribution in [0.15, 0.2) is 36.9 Å². The minimum absolute atomic E-state index is 0.0366. The highest BCUT2D eigenvalue weighted by molar-refractivity contribution is 5.83. The zero-order valence-corrected chi connectivity index (χ0v) is 23.7. The van der Waals surface area contributed by atoms with Crippen LogP contribution < -0.4 is 25.4 Å². The standard InChI is InChI=1S/C29H39N7O4/c1-5-9-31-29(38)32-11-8-22-19-36(4)28-26(22)15-24(17-34-28)40-13-6-12-39-23-14-25-21(7-10-30-20(2)37)18-35(3)27(25)33-16-23/h14-19H,5-13H2,1-4H3,(H,30,37)(H2,31,32,38). The molecule has 214 valence electrons. The van der Waals surface area contributed by atoms with Crippen molar-refractivity contribution >= 4 is 34.0 Å². The average Bonchev–Trinajstić information content (AvgIpc) is 3.42. The molecule has 0 bridgehead atoms. The van der Waals surface area contributed by atoms with Crippen molar-refractivity contribution in [3.63, 3.8) is 0 Å². The van der Waals surface area contributed by atoms with E-state index in [1.54, 1.807) is 12.4 Å². The first-order chi connectivity index (χ1) is 19.4. The number of carbonyl (C=O) groups is 2. The van der Waals surface area contributed by atoms with E-state index in [-0.39, 0.29) is 11.9 Å². The van der Waals surface area contributed by atoms with Crippen molar-refractivity contribution in [2.24, 2.45) is 14.1 Å². The second-order valence-electron chi connectivity index (χ2n) is 9.83. The maximum atomic E-state index is 11.8. The monoisotopic (exact) mass is 549 g/mol. The molecule has 3 amide bonds. The van der Waals surface area contributed by atoms with E-state index in [9.17, 15) is 9.59 Å². The van der Waals surface area contributed by atoms with Crippen LogP contribution in [0.1, 0.15) is 37.8 Å². The van der Waals surface area contributed by atoms with Crippen LogP contribution in [0.4, 0.5) is 4.79 Å². The van der Waals surface area contributed by atoms with Crippen LogP contribution in [0.3, 0.4) is 0 Å². The van der Waals surface area contributed by atoms with E-state index in [0.717, 1.165) is 46.0 Å². The van der Waals surface area contributed by atoms with Gasteiger partial charge in [-0.05, 0) is 42.5 Å². The summed E-state index contributed by atoms with van der Waals surface area (Å²) in [6, 6.07) is 3.86. The van der Waals surface area contributed by atoms with Crippen molar-refractivity contribution in [3.8, 4) is 11.5 Å². The molecule has 0 radical (unpaired) electrons. The Labute approximate surface area is 234 Å². The Hall–Kier alpha value is -4.28. The van der Waals surface area contributed by atoms with Gasteiger partial charge in [0.05, 0.1) is 25.6 Å². The maximum Gasteiger partial charge on any atom is 0.314 e. The van der Waals surface area contributed by atoms with E-state index in [1.165, 1.54) is 6.92 Å². The molecule has 0 saturated heterocycles. The number of aromatic nitrogens is 4. The summed E-state index contributed by atoms with van der Waals surface area (Å²) < 4.78 is 15.9. The van der Waals surface area contributed by atoms with E-state index in [1.807, 2.05) is 54.7 Å². The number of nitrogens with one attached hydrogen (secondary N) is 3. The average molecular weight is 550 g/mol. The summed E-state index contributed by atoms with van der Waals surface area (Å²) in [5.41, 5.74) is 3.98. The zero-order chi connectivity index (χ0) is 28.5. The Morgan fingerprint density at radius 3 is 1.80 bits per heavy atom. The number of pyridine rings is 2. The smallest absolute Gasteiger partial charge is 0.314 e. The van der Waals surface area contributed by atoms with Crippen LogP contribution in [-0.4, -0.2) is 63.9 Å². The van der Waals surface area contributed by atoms with Gasteiger partial charge in [0, 0.05) is 70.2 Å². The Kier molecular flexibility index (Phi) is 9.82. The molecule has 0 aliphatic heterocycles. The molecule has 4 rings (SSSR count). The maximum absolute atomic E-state index is 11.8. The quantitative estimate of drug-likeness (QED) is 0.208. The highest BCUT2D eigenvalue weighted by atomic mass is 16.5. The number of nitrogens with zero attached hydrogens (tertiary/aromatic N) is 4. The first kappa shape index (κ1) is 28.7. The van der Waals surface area contributed by atoms with Gasteiger partial charge in [-0.25, -0.2) is 14.8 Å². The molecule has 40 heavy (non-hydrogen) atoms. The molecule has 0 aliphatic rings. The van der Waals surface area contributed by atoms with E-state index in [2.05, 4.69) is 25.9 Å². The molecule has 3 N–H and O–H groups in total. The molecule has 4 aromatic rings. The van der Waals surface area contributed by atoms with Crippen LogP contribution in [0.25, 0.3) is 22.1 Å². The van der Waals surface area contributed by atoms with Crippen LogP contribution in [0.5, 0.6) is 11.5 Å². The van der Waals surface area contributed by atoms with Gasteiger partial charge in [0.2, 0.25) is 5.91 Å². The lowest BCUT2D eigenvalue weighted by Gasteiger charge is -2.09. The molecule has 4 heterocycles. The van der Waals surface area contributed by atoms with Gasteiger partial charge in [0.15, 0.2) is 0 Å². The van der Waals surface area contributed by atoms with E-state index >= 15 is 0 Å². The third-order valence-electron chi connectivity index (χ3n) is 6.55. The SMILES string of the molecule is CCCNC(=O)NCCc1cn(C)c2ncc(OCCCOc3cnc4c(c3)c(CCNC(C)=O)cn4C)cc12. The Bertz CT molecular complexity index is 1460. The first-order valence-corrected chi connectivity index (χ1v) is 13.7. The molecule has 0 aromatic carbocycles. The molecule has 0 atom stereocenters. The van der Waals surface area contributed by atoms with Gasteiger partial charge in [-0.2, -0.15) is 0 Å². The predicted octanol–water partition coefficient (Wildman–Crippen LogP) is 3.24. The molecule has 11 heteroatoms. The van der Waals surface area contributed by atoms with Crippen molar-refractivity contribution in [3.05, 3.63) is 48.0 Å². The highest BCUT2D eigenvalue weighted by Crippen LogP contribution is 2.25. The highest BCUT2D eigenvalue weighted by Gasteiger charge is 2.12. The number of hydrogen-bond acceptors (Lipinski definition) is 6. The lowest BCUT2D eigenvalue weighted by atomic mass is 10.1. The number of aryl methyl sites for hydroxylation is 2. The molecule has 0 spiro atoms. The summed E-state index contributed by atoms with van der Waals surface area (Å²) in [4.78, 5) is 32.2. The number of hydrogen-bond donors (Lipinski definition) is 3. The number of amides is 3. The van der Waals surface area contributed by atoms with Gasteiger partial charge in [-0.3, -0.25) is 4.79 Å². The van der Waals surface area contributed by atoms with Gasteiger partial charge in [0.25, 0.3) is 0 Å². The van der Waals surface area contributed by atoms with E-state index < -0.39 is 0 Å². The van der Waals surface area contributed by atoms with Crippen LogP contribution in [0.2, 0.25) is 0 Å². The fourth-order valence-electron chi connectivity index (χ4n) is 4.62. The van der Waals surface area contributed by atoms with Crippen molar-refractivity contribution in [1.82, 2.24) is 35.1 Å². The lowest BCUT2D eigenvalue weighted by Crippen LogP contribution is -2.36. The fourth-order valence-corrected chi connectivity index (χ4v) is 4.62. The van der Waals surface area contributed by atoms with E-state index in [4.69, 9.17) is 9.47 Å². The number of urea groups is 1. The Morgan fingerprint density at radius 1 is 0.800 bits per heavy atom. The van der Waals surface area contributed by atoms with Crippen molar-refractivity contribution in [2.45, 2.75) is 39.5 Å². The fraction of sp³-hybridized carbons (Fsp3) is 0.448. The molecular weight excluding hydrogens is 510 g/mol. The number of carbonyl (C=O) groups excluding carboxylic acids is 2. The second kappa shape index (κ2) is 13.7. The lowest BCUT2D eigenvalue weighted by molar-refractivity contribution is -0.118. The Morgan fingerprint density at radius 2 is 1.30 bits per heavy atom. The van der Waals surface area contributed by atoms with Gasteiger partial charge >= 0.3 is 6.03 Å². The largest absolute Gasteiger partial charge is 0.492 e. The minimum Gasteiger partial charge on any atom is -0.492 e. The molecule has 4 aromatic heterocycles. The van der Waals surface area contributed by atoms with E-state index in [0.29, 0.717) is 57.2 Å². The predicted molar refractivity (Wildman–Crippen MR) is 155 cm³/mol. The van der Waals surface area contributed by atoms with Crippen LogP contribution in [0, 0.1) is 0 Å². The van der Waals surface area contributed by atoms with Gasteiger partial charge in [-0.15, -0.1) is 0 Å². The molecular formula is C29H39N7O4. The Balaban J connectivity index is 1.27. The third kappa shape index (κ3) is 7.43. The molecule has 0 saturated carbocycles.